The number of fused-ring (bicyclic) bond motifs is 7. The summed E-state index contributed by atoms with van der Waals surface area (Å²) in [4.78, 5) is 44.4. The molecular formula is C39H62N2O5. The maximum absolute atomic E-state index is 13.8. The Morgan fingerprint density at radius 2 is 1.59 bits per heavy atom. The third-order valence-corrected chi connectivity index (χ3v) is 15.7. The molecule has 0 aromatic carbocycles. The minimum Gasteiger partial charge on any atom is -0.453 e. The number of Topliss-reactive ketones (excluding diaryl/α,β-unsaturated/α-hetero) is 1. The fourth-order valence-electron chi connectivity index (χ4n) is 13.5. The average molecular weight is 639 g/mol. The lowest BCUT2D eigenvalue weighted by atomic mass is 9.32. The summed E-state index contributed by atoms with van der Waals surface area (Å²) < 4.78 is 12.0. The van der Waals surface area contributed by atoms with Crippen LogP contribution in [0.2, 0.25) is 0 Å². The van der Waals surface area contributed by atoms with Crippen molar-refractivity contribution >= 4 is 17.8 Å². The maximum Gasteiger partial charge on any atom is 0.412 e. The highest BCUT2D eigenvalue weighted by molar-refractivity contribution is 6.00. The average Bonchev–Trinajstić information content (AvgIpc) is 3.50. The Labute approximate surface area is 278 Å². The fourth-order valence-corrected chi connectivity index (χ4v) is 13.5. The van der Waals surface area contributed by atoms with Gasteiger partial charge in [-0.05, 0) is 116 Å². The number of allylic oxidation sites excluding steroid dienone is 2. The van der Waals surface area contributed by atoms with E-state index in [1.54, 1.807) is 0 Å². The highest BCUT2D eigenvalue weighted by atomic mass is 16.6. The molecule has 5 fully saturated rings. The topological polar surface area (TPSA) is 76.2 Å². The van der Waals surface area contributed by atoms with Gasteiger partial charge in [-0.3, -0.25) is 14.5 Å². The molecule has 5 aliphatic carbocycles. The summed E-state index contributed by atoms with van der Waals surface area (Å²) in [6.45, 7) is 22.3. The summed E-state index contributed by atoms with van der Waals surface area (Å²) in [7, 11) is 3.54. The van der Waals surface area contributed by atoms with Crippen molar-refractivity contribution in [2.24, 2.45) is 50.7 Å². The van der Waals surface area contributed by atoms with E-state index in [-0.39, 0.29) is 45.5 Å². The second-order valence-electron chi connectivity index (χ2n) is 18.4. The second kappa shape index (κ2) is 10.8. The van der Waals surface area contributed by atoms with Gasteiger partial charge < -0.3 is 14.4 Å². The van der Waals surface area contributed by atoms with Gasteiger partial charge in [-0.25, -0.2) is 4.79 Å². The van der Waals surface area contributed by atoms with E-state index < -0.39 is 17.2 Å². The van der Waals surface area contributed by atoms with Crippen LogP contribution in [-0.4, -0.2) is 66.7 Å². The fraction of sp³-hybridized carbons (Fsp3) is 0.872. The monoisotopic (exact) mass is 638 g/mol. The SMILES string of the molecule is COC(=O)N(C1CCN(C)C1)[C@]1(OC(C)=O)CC[C@]2(C)[C@H]3CC[C@@H]4C5=C(C(C)C)C(=O)C[C@]5(C)CC[C@@]4(C)[C@]3(C)CC[C@H]2C1(C)C. The summed E-state index contributed by atoms with van der Waals surface area (Å²) in [6, 6.07) is -0.0715. The molecule has 46 heavy (non-hydrogen) atoms. The van der Waals surface area contributed by atoms with Crippen molar-refractivity contribution in [1.29, 1.82) is 0 Å². The molecule has 0 aromatic heterocycles. The summed E-state index contributed by atoms with van der Waals surface area (Å²) >= 11 is 0. The quantitative estimate of drug-likeness (QED) is 0.229. The highest BCUT2D eigenvalue weighted by Gasteiger charge is 2.73. The van der Waals surface area contributed by atoms with Gasteiger partial charge >= 0.3 is 12.1 Å². The zero-order valence-electron chi connectivity index (χ0n) is 30.8. The van der Waals surface area contributed by atoms with Gasteiger partial charge in [0.05, 0.1) is 13.2 Å². The van der Waals surface area contributed by atoms with Crippen molar-refractivity contribution in [2.75, 3.05) is 27.2 Å². The molecule has 0 radical (unpaired) electrons. The Morgan fingerprint density at radius 1 is 0.891 bits per heavy atom. The van der Waals surface area contributed by atoms with Crippen LogP contribution < -0.4 is 0 Å². The van der Waals surface area contributed by atoms with Crippen molar-refractivity contribution in [1.82, 2.24) is 9.80 Å². The number of esters is 1. The number of ketones is 1. The molecule has 6 aliphatic rings. The van der Waals surface area contributed by atoms with Crippen LogP contribution in [0.4, 0.5) is 4.79 Å². The molecule has 6 rings (SSSR count). The number of carbonyl (C=O) groups is 3. The lowest BCUT2D eigenvalue weighted by molar-refractivity contribution is -0.292. The van der Waals surface area contributed by atoms with E-state index in [9.17, 15) is 14.4 Å². The Bertz CT molecular complexity index is 1340. The van der Waals surface area contributed by atoms with E-state index in [1.165, 1.54) is 26.0 Å². The molecule has 9 atom stereocenters. The van der Waals surface area contributed by atoms with Gasteiger partial charge in [-0.2, -0.15) is 0 Å². The van der Waals surface area contributed by atoms with Gasteiger partial charge in [0, 0.05) is 31.7 Å². The molecule has 7 nitrogen and oxygen atoms in total. The predicted octanol–water partition coefficient (Wildman–Crippen LogP) is 8.02. The first-order chi connectivity index (χ1) is 21.3. The molecular weight excluding hydrogens is 576 g/mol. The number of nitrogens with zero attached hydrogens (tertiary/aromatic N) is 2. The molecule has 4 saturated carbocycles. The van der Waals surface area contributed by atoms with E-state index in [4.69, 9.17) is 9.47 Å². The molecule has 0 spiro atoms. The molecule has 1 aliphatic heterocycles. The first-order valence-electron chi connectivity index (χ1n) is 18.4. The number of likely N-dealkylation sites (tertiary alicyclic amines) is 1. The van der Waals surface area contributed by atoms with Crippen LogP contribution in [0.3, 0.4) is 0 Å². The van der Waals surface area contributed by atoms with Crippen LogP contribution in [0.1, 0.15) is 127 Å². The number of likely N-dealkylation sites (N-methyl/N-ethyl adjacent to an activating group) is 1. The first kappa shape index (κ1) is 34.0. The van der Waals surface area contributed by atoms with Crippen LogP contribution >= 0.6 is 0 Å². The second-order valence-corrected chi connectivity index (χ2v) is 18.4. The Kier molecular flexibility index (Phi) is 7.98. The van der Waals surface area contributed by atoms with Crippen LogP contribution in [0, 0.1) is 50.7 Å². The minimum atomic E-state index is -1.07. The molecule has 258 valence electrons. The van der Waals surface area contributed by atoms with Gasteiger partial charge in [-0.1, -0.05) is 61.0 Å². The lowest BCUT2D eigenvalue weighted by Gasteiger charge is -2.73. The number of methoxy groups -OCH3 is 1. The van der Waals surface area contributed by atoms with Gasteiger partial charge in [0.2, 0.25) is 0 Å². The number of ether oxygens (including phenoxy) is 2. The minimum absolute atomic E-state index is 0.0211. The molecule has 1 amide bonds. The zero-order valence-corrected chi connectivity index (χ0v) is 30.8. The van der Waals surface area contributed by atoms with Gasteiger partial charge in [0.1, 0.15) is 0 Å². The van der Waals surface area contributed by atoms with Crippen molar-refractivity contribution in [3.8, 4) is 0 Å². The van der Waals surface area contributed by atoms with Crippen molar-refractivity contribution < 1.29 is 23.9 Å². The first-order valence-corrected chi connectivity index (χ1v) is 18.4. The van der Waals surface area contributed by atoms with Gasteiger partial charge in [0.25, 0.3) is 0 Å². The van der Waals surface area contributed by atoms with E-state index >= 15 is 0 Å². The Balaban J connectivity index is 1.41. The van der Waals surface area contributed by atoms with Crippen molar-refractivity contribution in [3.05, 3.63) is 11.1 Å². The Morgan fingerprint density at radius 3 is 2.17 bits per heavy atom. The highest BCUT2D eigenvalue weighted by Crippen LogP contribution is 2.77. The number of amides is 1. The van der Waals surface area contributed by atoms with E-state index in [1.807, 2.05) is 4.90 Å². The van der Waals surface area contributed by atoms with Gasteiger partial charge in [-0.15, -0.1) is 0 Å². The normalized spacial score (nSPS) is 45.1. The third-order valence-electron chi connectivity index (χ3n) is 15.7. The predicted molar refractivity (Wildman–Crippen MR) is 180 cm³/mol. The Hall–Kier alpha value is -1.89. The molecule has 1 unspecified atom stereocenters. The van der Waals surface area contributed by atoms with Crippen LogP contribution in [0.15, 0.2) is 11.1 Å². The zero-order chi connectivity index (χ0) is 33.8. The molecule has 1 heterocycles. The van der Waals surface area contributed by atoms with Gasteiger partial charge in [0.15, 0.2) is 11.5 Å². The van der Waals surface area contributed by atoms with Crippen molar-refractivity contribution in [2.45, 2.75) is 138 Å². The third kappa shape index (κ3) is 4.34. The summed E-state index contributed by atoms with van der Waals surface area (Å²) in [5, 5.41) is 0. The molecule has 7 heteroatoms. The number of rotatable bonds is 4. The lowest BCUT2D eigenvalue weighted by Crippen LogP contribution is -2.73. The van der Waals surface area contributed by atoms with Crippen LogP contribution in [0.25, 0.3) is 0 Å². The van der Waals surface area contributed by atoms with Crippen molar-refractivity contribution in [3.63, 3.8) is 0 Å². The smallest absolute Gasteiger partial charge is 0.412 e. The van der Waals surface area contributed by atoms with E-state index in [0.29, 0.717) is 30.5 Å². The standard InChI is InChI=1S/C39H62N2O5/c1-24(2)31-28(43)22-35(6)17-19-37(8)27(32(31)35)12-13-30-36(7)18-20-39(46-25(3)42,34(4,5)29(36)14-16-38(30,37)9)41(33(44)45-11)26-15-21-40(10)23-26/h24,26-27,29-30H,12-23H2,1-11H3/t26?,27-,29+,30-,35+,36+,37-,38-,39+/m1/s1. The molecule has 0 bridgehead atoms. The molecule has 0 N–H and O–H groups in total. The summed E-state index contributed by atoms with van der Waals surface area (Å²) in [6.07, 6.45) is 9.39. The summed E-state index contributed by atoms with van der Waals surface area (Å²) in [5.74, 6) is 1.59. The van der Waals surface area contributed by atoms with Crippen LogP contribution in [0.5, 0.6) is 0 Å². The van der Waals surface area contributed by atoms with E-state index in [0.717, 1.165) is 63.6 Å². The number of hydrogen-bond acceptors (Lipinski definition) is 6. The molecule has 0 aromatic rings. The number of carbonyl (C=O) groups excluding carboxylic acids is 3. The van der Waals surface area contributed by atoms with E-state index in [2.05, 4.69) is 67.3 Å². The molecule has 1 saturated heterocycles. The summed E-state index contributed by atoms with van der Waals surface area (Å²) in [5.41, 5.74) is 1.44. The number of hydrogen-bond donors (Lipinski definition) is 0. The maximum atomic E-state index is 13.8. The van der Waals surface area contributed by atoms with Crippen LogP contribution in [-0.2, 0) is 19.1 Å². The largest absolute Gasteiger partial charge is 0.453 e.